The van der Waals surface area contributed by atoms with Crippen molar-refractivity contribution < 1.29 is 4.74 Å². The van der Waals surface area contributed by atoms with Crippen LogP contribution in [0, 0.1) is 5.92 Å². The second-order valence-corrected chi connectivity index (χ2v) is 6.08. The minimum Gasteiger partial charge on any atom is -0.457 e. The zero-order valence-corrected chi connectivity index (χ0v) is 13.9. The van der Waals surface area contributed by atoms with Crippen molar-refractivity contribution in [1.82, 2.24) is 0 Å². The van der Waals surface area contributed by atoms with Crippen molar-refractivity contribution in [2.75, 3.05) is 5.32 Å². The normalized spacial score (nSPS) is 12.2. The molecule has 118 valence electrons. The van der Waals surface area contributed by atoms with Crippen LogP contribution in [0.15, 0.2) is 54.6 Å². The van der Waals surface area contributed by atoms with Gasteiger partial charge in [0.25, 0.3) is 0 Å². The van der Waals surface area contributed by atoms with Gasteiger partial charge in [0.05, 0.1) is 0 Å². The third-order valence-corrected chi connectivity index (χ3v) is 3.86. The summed E-state index contributed by atoms with van der Waals surface area (Å²) in [7, 11) is 0. The topological polar surface area (TPSA) is 21.3 Å². The first-order valence-corrected chi connectivity index (χ1v) is 8.28. The number of ether oxygens (including phenoxy) is 1. The highest BCUT2D eigenvalue weighted by Crippen LogP contribution is 2.24. The molecule has 0 saturated carbocycles. The predicted octanol–water partition coefficient (Wildman–Crippen LogP) is 6.11. The lowest BCUT2D eigenvalue weighted by Crippen LogP contribution is -2.25. The summed E-state index contributed by atoms with van der Waals surface area (Å²) in [6.45, 7) is 6.80. The zero-order chi connectivity index (χ0) is 15.8. The molecular formula is C20H27NO. The Morgan fingerprint density at radius 2 is 1.55 bits per heavy atom. The Labute approximate surface area is 134 Å². The summed E-state index contributed by atoms with van der Waals surface area (Å²) in [6.07, 6.45) is 3.73. The van der Waals surface area contributed by atoms with E-state index in [0.717, 1.165) is 17.2 Å². The highest BCUT2D eigenvalue weighted by Gasteiger charge is 2.12. The molecule has 0 radical (unpaired) electrons. The van der Waals surface area contributed by atoms with Crippen LogP contribution < -0.4 is 10.1 Å². The summed E-state index contributed by atoms with van der Waals surface area (Å²) in [5.41, 5.74) is 1.16. The third-order valence-electron chi connectivity index (χ3n) is 3.86. The molecule has 0 bridgehead atoms. The summed E-state index contributed by atoms with van der Waals surface area (Å²) in [4.78, 5) is 0. The Balaban J connectivity index is 1.96. The van der Waals surface area contributed by atoms with Crippen LogP contribution in [0.3, 0.4) is 0 Å². The van der Waals surface area contributed by atoms with Crippen molar-refractivity contribution in [3.63, 3.8) is 0 Å². The molecule has 0 aliphatic rings. The average Bonchev–Trinajstić information content (AvgIpc) is 2.54. The quantitative estimate of drug-likeness (QED) is 0.635. The van der Waals surface area contributed by atoms with Crippen molar-refractivity contribution in [3.05, 3.63) is 54.6 Å². The number of anilines is 1. The Morgan fingerprint density at radius 3 is 2.14 bits per heavy atom. The van der Waals surface area contributed by atoms with Crippen molar-refractivity contribution in [1.29, 1.82) is 0 Å². The van der Waals surface area contributed by atoms with E-state index in [0.29, 0.717) is 12.0 Å². The fourth-order valence-corrected chi connectivity index (χ4v) is 2.45. The molecule has 22 heavy (non-hydrogen) atoms. The van der Waals surface area contributed by atoms with E-state index in [9.17, 15) is 0 Å². The van der Waals surface area contributed by atoms with Crippen LogP contribution in [0.5, 0.6) is 11.5 Å². The molecule has 2 aromatic rings. The van der Waals surface area contributed by atoms with E-state index in [4.69, 9.17) is 4.74 Å². The summed E-state index contributed by atoms with van der Waals surface area (Å²) in [6, 6.07) is 18.6. The minimum atomic E-state index is 0.529. The number of hydrogen-bond acceptors (Lipinski definition) is 2. The first kappa shape index (κ1) is 16.4. The Kier molecular flexibility index (Phi) is 6.32. The van der Waals surface area contributed by atoms with Gasteiger partial charge >= 0.3 is 0 Å². The first-order valence-electron chi connectivity index (χ1n) is 8.28. The molecule has 0 aromatic heterocycles. The predicted molar refractivity (Wildman–Crippen MR) is 94.7 cm³/mol. The van der Waals surface area contributed by atoms with Crippen LogP contribution >= 0.6 is 0 Å². The van der Waals surface area contributed by atoms with E-state index < -0.39 is 0 Å². The number of rotatable bonds is 8. The van der Waals surface area contributed by atoms with Crippen molar-refractivity contribution in [2.24, 2.45) is 5.92 Å². The zero-order valence-electron chi connectivity index (χ0n) is 13.9. The summed E-state index contributed by atoms with van der Waals surface area (Å²) in [5, 5.41) is 3.65. The smallest absolute Gasteiger partial charge is 0.127 e. The van der Waals surface area contributed by atoms with E-state index >= 15 is 0 Å². The first-order chi connectivity index (χ1) is 10.7. The Hall–Kier alpha value is -1.96. The SMILES string of the molecule is CCCCC(Nc1ccc(Oc2ccccc2)cc1)C(C)C. The molecule has 0 saturated heterocycles. The molecule has 2 aromatic carbocycles. The molecule has 0 fully saturated rings. The largest absolute Gasteiger partial charge is 0.457 e. The molecule has 1 atom stereocenters. The maximum absolute atomic E-state index is 5.82. The number of nitrogens with one attached hydrogen (secondary N) is 1. The molecule has 2 heteroatoms. The molecule has 0 heterocycles. The molecule has 2 rings (SSSR count). The van der Waals surface area contributed by atoms with Gasteiger partial charge in [-0.2, -0.15) is 0 Å². The van der Waals surface area contributed by atoms with Crippen LogP contribution in [0.1, 0.15) is 40.0 Å². The van der Waals surface area contributed by atoms with Crippen molar-refractivity contribution in [3.8, 4) is 11.5 Å². The van der Waals surface area contributed by atoms with Crippen LogP contribution in [0.25, 0.3) is 0 Å². The monoisotopic (exact) mass is 297 g/mol. The second-order valence-electron chi connectivity index (χ2n) is 6.08. The number of para-hydroxylation sites is 1. The molecule has 1 N–H and O–H groups in total. The number of hydrogen-bond donors (Lipinski definition) is 1. The lowest BCUT2D eigenvalue weighted by Gasteiger charge is -2.23. The Bertz CT molecular complexity index is 533. The van der Waals surface area contributed by atoms with E-state index in [1.165, 1.54) is 19.3 Å². The number of benzene rings is 2. The van der Waals surface area contributed by atoms with Gasteiger partial charge in [0, 0.05) is 11.7 Å². The standard InChI is InChI=1S/C20H27NO/c1-4-5-11-20(16(2)3)21-17-12-14-19(15-13-17)22-18-9-7-6-8-10-18/h6-10,12-16,20-21H,4-5,11H2,1-3H3. The summed E-state index contributed by atoms with van der Waals surface area (Å²) < 4.78 is 5.82. The highest BCUT2D eigenvalue weighted by molar-refractivity contribution is 5.48. The van der Waals surface area contributed by atoms with Gasteiger partial charge in [0.15, 0.2) is 0 Å². The maximum Gasteiger partial charge on any atom is 0.127 e. The van der Waals surface area contributed by atoms with Crippen LogP contribution in [-0.2, 0) is 0 Å². The van der Waals surface area contributed by atoms with Crippen molar-refractivity contribution in [2.45, 2.75) is 46.1 Å². The molecule has 1 unspecified atom stereocenters. The van der Waals surface area contributed by atoms with E-state index in [-0.39, 0.29) is 0 Å². The van der Waals surface area contributed by atoms with Gasteiger partial charge in [-0.1, -0.05) is 51.8 Å². The molecule has 0 aliphatic heterocycles. The summed E-state index contributed by atoms with van der Waals surface area (Å²) in [5.74, 6) is 2.37. The molecule has 0 spiro atoms. The molecular weight excluding hydrogens is 270 g/mol. The average molecular weight is 297 g/mol. The van der Waals surface area contributed by atoms with Gasteiger partial charge in [0.2, 0.25) is 0 Å². The lowest BCUT2D eigenvalue weighted by atomic mass is 9.98. The fraction of sp³-hybridized carbons (Fsp3) is 0.400. The third kappa shape index (κ3) is 5.10. The van der Waals surface area contributed by atoms with E-state index in [1.807, 2.05) is 42.5 Å². The van der Waals surface area contributed by atoms with E-state index in [2.05, 4.69) is 38.2 Å². The summed E-state index contributed by atoms with van der Waals surface area (Å²) >= 11 is 0. The highest BCUT2D eigenvalue weighted by atomic mass is 16.5. The van der Waals surface area contributed by atoms with Gasteiger partial charge in [-0.25, -0.2) is 0 Å². The van der Waals surface area contributed by atoms with Gasteiger partial charge < -0.3 is 10.1 Å². The Morgan fingerprint density at radius 1 is 0.909 bits per heavy atom. The second kappa shape index (κ2) is 8.47. The van der Waals surface area contributed by atoms with Gasteiger partial charge in [-0.3, -0.25) is 0 Å². The lowest BCUT2D eigenvalue weighted by molar-refractivity contribution is 0.476. The number of unbranched alkanes of at least 4 members (excludes halogenated alkanes) is 1. The van der Waals surface area contributed by atoms with Crippen LogP contribution in [-0.4, -0.2) is 6.04 Å². The van der Waals surface area contributed by atoms with E-state index in [1.54, 1.807) is 0 Å². The van der Waals surface area contributed by atoms with Gasteiger partial charge in [-0.05, 0) is 48.7 Å². The van der Waals surface area contributed by atoms with Gasteiger partial charge in [-0.15, -0.1) is 0 Å². The fourth-order valence-electron chi connectivity index (χ4n) is 2.45. The molecule has 0 aliphatic carbocycles. The van der Waals surface area contributed by atoms with Crippen LogP contribution in [0.2, 0.25) is 0 Å². The molecule has 0 amide bonds. The van der Waals surface area contributed by atoms with Gasteiger partial charge in [0.1, 0.15) is 11.5 Å². The maximum atomic E-state index is 5.82. The minimum absolute atomic E-state index is 0.529. The molecule has 2 nitrogen and oxygen atoms in total. The van der Waals surface area contributed by atoms with Crippen molar-refractivity contribution >= 4 is 5.69 Å². The van der Waals surface area contributed by atoms with Crippen LogP contribution in [0.4, 0.5) is 5.69 Å².